The van der Waals surface area contributed by atoms with Gasteiger partial charge in [-0.05, 0) is 5.56 Å². The summed E-state index contributed by atoms with van der Waals surface area (Å²) >= 11 is 0. The summed E-state index contributed by atoms with van der Waals surface area (Å²) in [5.41, 5.74) is 7.10. The molecule has 1 aliphatic heterocycles. The topological polar surface area (TPSA) is 58.8 Å². The Hall–Kier alpha value is -1.43. The number of hydrogen-bond donors (Lipinski definition) is 1. The Kier molecular flexibility index (Phi) is 5.52. The fourth-order valence-electron chi connectivity index (χ4n) is 2.45. The van der Waals surface area contributed by atoms with Gasteiger partial charge in [0.15, 0.2) is 0 Å². The number of amides is 1. The van der Waals surface area contributed by atoms with E-state index in [2.05, 4.69) is 29.2 Å². The molecule has 20 heavy (non-hydrogen) atoms. The number of carbonyl (C=O) groups excluding carboxylic acids is 1. The van der Waals surface area contributed by atoms with E-state index in [0.29, 0.717) is 0 Å². The minimum absolute atomic E-state index is 0.00814. The zero-order valence-electron chi connectivity index (χ0n) is 12.0. The summed E-state index contributed by atoms with van der Waals surface area (Å²) in [5, 5.41) is 0. The Morgan fingerprint density at radius 1 is 1.25 bits per heavy atom. The molecule has 2 rings (SSSR count). The van der Waals surface area contributed by atoms with Crippen molar-refractivity contribution in [3.05, 3.63) is 35.9 Å². The highest BCUT2D eigenvalue weighted by Gasteiger charge is 2.25. The second-order valence-corrected chi connectivity index (χ2v) is 5.15. The first-order chi connectivity index (χ1) is 9.70. The molecule has 1 amide bonds. The molecule has 1 aromatic carbocycles. The Morgan fingerprint density at radius 2 is 1.90 bits per heavy atom. The predicted molar refractivity (Wildman–Crippen MR) is 78.2 cm³/mol. The molecule has 0 radical (unpaired) electrons. The number of benzene rings is 1. The lowest BCUT2D eigenvalue weighted by Gasteiger charge is -2.35. The van der Waals surface area contributed by atoms with Crippen LogP contribution in [0.3, 0.4) is 0 Å². The smallest absolute Gasteiger partial charge is 0.241 e. The van der Waals surface area contributed by atoms with Gasteiger partial charge in [0.25, 0.3) is 0 Å². The van der Waals surface area contributed by atoms with Gasteiger partial charge in [0, 0.05) is 39.8 Å². The van der Waals surface area contributed by atoms with Crippen LogP contribution in [0.5, 0.6) is 0 Å². The quantitative estimate of drug-likeness (QED) is 0.841. The largest absolute Gasteiger partial charge is 0.383 e. The molecule has 1 unspecified atom stereocenters. The lowest BCUT2D eigenvalue weighted by molar-refractivity contribution is -0.135. The number of methoxy groups -OCH3 is 1. The van der Waals surface area contributed by atoms with E-state index >= 15 is 0 Å². The van der Waals surface area contributed by atoms with Gasteiger partial charge in [-0.1, -0.05) is 30.3 Å². The van der Waals surface area contributed by atoms with E-state index in [1.54, 1.807) is 7.11 Å². The van der Waals surface area contributed by atoms with Gasteiger partial charge in [-0.15, -0.1) is 0 Å². The molecule has 1 fully saturated rings. The molecule has 0 aliphatic carbocycles. The summed E-state index contributed by atoms with van der Waals surface area (Å²) in [7, 11) is 1.56. The van der Waals surface area contributed by atoms with Crippen molar-refractivity contribution in [2.24, 2.45) is 5.73 Å². The Balaban J connectivity index is 1.79. The van der Waals surface area contributed by atoms with Crippen LogP contribution < -0.4 is 5.73 Å². The van der Waals surface area contributed by atoms with E-state index in [0.717, 1.165) is 32.7 Å². The normalized spacial score (nSPS) is 18.0. The van der Waals surface area contributed by atoms with E-state index in [9.17, 15) is 4.79 Å². The summed E-state index contributed by atoms with van der Waals surface area (Å²) in [6, 6.07) is 9.85. The molecule has 0 spiro atoms. The summed E-state index contributed by atoms with van der Waals surface area (Å²) in [6.45, 7) is 4.48. The molecule has 0 bridgehead atoms. The highest BCUT2D eigenvalue weighted by atomic mass is 16.5. The molecular weight excluding hydrogens is 254 g/mol. The van der Waals surface area contributed by atoms with Gasteiger partial charge in [-0.3, -0.25) is 9.69 Å². The number of rotatable bonds is 5. The molecule has 1 aliphatic rings. The Morgan fingerprint density at radius 3 is 2.50 bits per heavy atom. The van der Waals surface area contributed by atoms with Gasteiger partial charge < -0.3 is 15.4 Å². The van der Waals surface area contributed by atoms with Crippen molar-refractivity contribution in [2.75, 3.05) is 39.9 Å². The van der Waals surface area contributed by atoms with Gasteiger partial charge in [-0.2, -0.15) is 0 Å². The average Bonchev–Trinajstić information content (AvgIpc) is 2.48. The zero-order valence-corrected chi connectivity index (χ0v) is 12.0. The van der Waals surface area contributed by atoms with Crippen molar-refractivity contribution in [3.63, 3.8) is 0 Å². The number of nitrogens with two attached hydrogens (primary N) is 1. The number of piperazine rings is 1. The van der Waals surface area contributed by atoms with Crippen LogP contribution in [0.2, 0.25) is 0 Å². The van der Waals surface area contributed by atoms with Crippen LogP contribution >= 0.6 is 0 Å². The third-order valence-corrected chi connectivity index (χ3v) is 3.60. The van der Waals surface area contributed by atoms with Crippen molar-refractivity contribution < 1.29 is 9.53 Å². The van der Waals surface area contributed by atoms with E-state index in [-0.39, 0.29) is 12.5 Å². The van der Waals surface area contributed by atoms with Crippen LogP contribution in [0.25, 0.3) is 0 Å². The first-order valence-electron chi connectivity index (χ1n) is 7.00. The van der Waals surface area contributed by atoms with Crippen LogP contribution in [0.1, 0.15) is 5.56 Å². The standard InChI is InChI=1S/C15H23N3O2/c1-20-12-14(16)15(19)18-9-7-17(8-10-18)11-13-5-3-2-4-6-13/h2-6,14H,7-12,16H2,1H3. The van der Waals surface area contributed by atoms with Crippen LogP contribution in [0.15, 0.2) is 30.3 Å². The molecule has 1 aromatic rings. The highest BCUT2D eigenvalue weighted by molar-refractivity contribution is 5.81. The molecule has 0 saturated carbocycles. The van der Waals surface area contributed by atoms with Gasteiger partial charge in [-0.25, -0.2) is 0 Å². The van der Waals surface area contributed by atoms with Crippen LogP contribution in [-0.2, 0) is 16.1 Å². The first-order valence-corrected chi connectivity index (χ1v) is 7.00. The molecule has 1 atom stereocenters. The van der Waals surface area contributed by atoms with Gasteiger partial charge in [0.1, 0.15) is 6.04 Å². The molecular formula is C15H23N3O2. The molecule has 1 saturated heterocycles. The van der Waals surface area contributed by atoms with E-state index in [1.807, 2.05) is 11.0 Å². The Bertz CT molecular complexity index is 416. The van der Waals surface area contributed by atoms with Crippen LogP contribution in [-0.4, -0.2) is 61.6 Å². The van der Waals surface area contributed by atoms with Crippen molar-refractivity contribution in [1.29, 1.82) is 0 Å². The lowest BCUT2D eigenvalue weighted by atomic mass is 10.2. The molecule has 0 aromatic heterocycles. The van der Waals surface area contributed by atoms with E-state index < -0.39 is 6.04 Å². The lowest BCUT2D eigenvalue weighted by Crippen LogP contribution is -2.53. The molecule has 1 heterocycles. The molecule has 110 valence electrons. The minimum Gasteiger partial charge on any atom is -0.383 e. The van der Waals surface area contributed by atoms with Crippen molar-refractivity contribution in [1.82, 2.24) is 9.80 Å². The maximum Gasteiger partial charge on any atom is 0.241 e. The summed E-state index contributed by atoms with van der Waals surface area (Å²) in [5.74, 6) is -0.00814. The number of hydrogen-bond acceptors (Lipinski definition) is 4. The average molecular weight is 277 g/mol. The maximum absolute atomic E-state index is 12.1. The SMILES string of the molecule is COCC(N)C(=O)N1CCN(Cc2ccccc2)CC1. The third-order valence-electron chi connectivity index (χ3n) is 3.60. The zero-order chi connectivity index (χ0) is 14.4. The summed E-state index contributed by atoms with van der Waals surface area (Å²) in [4.78, 5) is 16.3. The summed E-state index contributed by atoms with van der Waals surface area (Å²) in [6.07, 6.45) is 0. The highest BCUT2D eigenvalue weighted by Crippen LogP contribution is 2.09. The number of nitrogens with zero attached hydrogens (tertiary/aromatic N) is 2. The van der Waals surface area contributed by atoms with Gasteiger partial charge in [0.05, 0.1) is 6.61 Å². The molecule has 2 N–H and O–H groups in total. The fraction of sp³-hybridized carbons (Fsp3) is 0.533. The maximum atomic E-state index is 12.1. The molecule has 5 nitrogen and oxygen atoms in total. The van der Waals surface area contributed by atoms with Crippen molar-refractivity contribution in [2.45, 2.75) is 12.6 Å². The van der Waals surface area contributed by atoms with E-state index in [1.165, 1.54) is 5.56 Å². The van der Waals surface area contributed by atoms with Crippen molar-refractivity contribution in [3.8, 4) is 0 Å². The van der Waals surface area contributed by atoms with E-state index in [4.69, 9.17) is 10.5 Å². The van der Waals surface area contributed by atoms with Crippen LogP contribution in [0, 0.1) is 0 Å². The third kappa shape index (κ3) is 4.03. The van der Waals surface area contributed by atoms with Gasteiger partial charge in [0.2, 0.25) is 5.91 Å². The van der Waals surface area contributed by atoms with Gasteiger partial charge >= 0.3 is 0 Å². The second kappa shape index (κ2) is 7.38. The predicted octanol–water partition coefficient (Wildman–Crippen LogP) is 0.305. The van der Waals surface area contributed by atoms with Crippen molar-refractivity contribution >= 4 is 5.91 Å². The molecule has 5 heteroatoms. The second-order valence-electron chi connectivity index (χ2n) is 5.15. The first kappa shape index (κ1) is 15.0. The minimum atomic E-state index is -0.541. The van der Waals surface area contributed by atoms with Crippen LogP contribution in [0.4, 0.5) is 0 Å². The number of ether oxygens (including phenoxy) is 1. The monoisotopic (exact) mass is 277 g/mol. The summed E-state index contributed by atoms with van der Waals surface area (Å²) < 4.78 is 4.93. The Labute approximate surface area is 120 Å². The fourth-order valence-corrected chi connectivity index (χ4v) is 2.45. The number of carbonyl (C=O) groups is 1.